The molecule has 94 valence electrons. The Hall–Kier alpha value is -2.23. The lowest BCUT2D eigenvalue weighted by Crippen LogP contribution is -2.00. The number of hydrogen-bond donors (Lipinski definition) is 1. The maximum atomic E-state index is 10.7. The van der Waals surface area contributed by atoms with Crippen LogP contribution in [0.5, 0.6) is 11.5 Å². The molecule has 1 N–H and O–H groups in total. The van der Waals surface area contributed by atoms with Gasteiger partial charge in [-0.3, -0.25) is 4.79 Å². The second-order valence-corrected chi connectivity index (χ2v) is 3.96. The van der Waals surface area contributed by atoms with Gasteiger partial charge in [0.1, 0.15) is 11.5 Å². The number of carboxylic acid groups (broad SMARTS) is 1. The van der Waals surface area contributed by atoms with Gasteiger partial charge in [0, 0.05) is 11.5 Å². The number of carboxylic acids is 1. The lowest BCUT2D eigenvalue weighted by molar-refractivity contribution is -0.136. The molecule has 0 aliphatic rings. The summed E-state index contributed by atoms with van der Waals surface area (Å²) in [7, 11) is 3.18. The molecule has 4 heteroatoms. The van der Waals surface area contributed by atoms with E-state index in [0.717, 1.165) is 16.3 Å². The summed E-state index contributed by atoms with van der Waals surface area (Å²) in [5.41, 5.74) is 0.749. The van der Waals surface area contributed by atoms with Crippen LogP contribution in [0.2, 0.25) is 0 Å². The van der Waals surface area contributed by atoms with E-state index in [0.29, 0.717) is 11.5 Å². The van der Waals surface area contributed by atoms with E-state index in [1.807, 2.05) is 18.2 Å². The topological polar surface area (TPSA) is 55.8 Å². The molecule has 0 spiro atoms. The quantitative estimate of drug-likeness (QED) is 0.900. The molecule has 2 rings (SSSR count). The normalized spacial score (nSPS) is 10.3. The van der Waals surface area contributed by atoms with Crippen LogP contribution in [0.15, 0.2) is 30.3 Å². The van der Waals surface area contributed by atoms with Gasteiger partial charge in [-0.2, -0.15) is 0 Å². The van der Waals surface area contributed by atoms with Gasteiger partial charge < -0.3 is 14.6 Å². The Morgan fingerprint density at radius 2 is 1.94 bits per heavy atom. The zero-order valence-electron chi connectivity index (χ0n) is 10.3. The van der Waals surface area contributed by atoms with Gasteiger partial charge in [-0.15, -0.1) is 0 Å². The lowest BCUT2D eigenvalue weighted by Gasteiger charge is -2.09. The molecule has 0 aromatic heterocycles. The van der Waals surface area contributed by atoms with E-state index in [-0.39, 0.29) is 6.42 Å². The summed E-state index contributed by atoms with van der Waals surface area (Å²) in [6, 6.07) is 9.19. The first-order valence-corrected chi connectivity index (χ1v) is 5.50. The van der Waals surface area contributed by atoms with E-state index in [1.165, 1.54) is 0 Å². The minimum Gasteiger partial charge on any atom is -0.497 e. The molecule has 0 bridgehead atoms. The molecule has 0 saturated carbocycles. The lowest BCUT2D eigenvalue weighted by atomic mass is 10.0. The summed E-state index contributed by atoms with van der Waals surface area (Å²) in [5.74, 6) is 0.545. The molecule has 0 aliphatic heterocycles. The number of benzene rings is 2. The Kier molecular flexibility index (Phi) is 3.37. The number of carbonyl (C=O) groups is 1. The Balaban J connectivity index is 2.57. The molecule has 0 atom stereocenters. The van der Waals surface area contributed by atoms with Gasteiger partial charge in [0.2, 0.25) is 0 Å². The minimum atomic E-state index is -0.846. The zero-order valence-corrected chi connectivity index (χ0v) is 10.3. The van der Waals surface area contributed by atoms with Crippen molar-refractivity contribution in [1.82, 2.24) is 0 Å². The van der Waals surface area contributed by atoms with E-state index in [9.17, 15) is 4.79 Å². The van der Waals surface area contributed by atoms with Gasteiger partial charge in [0.25, 0.3) is 0 Å². The fourth-order valence-corrected chi connectivity index (χ4v) is 1.92. The van der Waals surface area contributed by atoms with Crippen LogP contribution in [0.4, 0.5) is 0 Å². The van der Waals surface area contributed by atoms with Crippen molar-refractivity contribution in [2.75, 3.05) is 14.2 Å². The fraction of sp³-hybridized carbons (Fsp3) is 0.214. The molecule has 0 amide bonds. The molecule has 0 unspecified atom stereocenters. The summed E-state index contributed by atoms with van der Waals surface area (Å²) < 4.78 is 10.5. The summed E-state index contributed by atoms with van der Waals surface area (Å²) in [6.07, 6.45) is 0.00508. The second kappa shape index (κ2) is 4.96. The summed E-state index contributed by atoms with van der Waals surface area (Å²) >= 11 is 0. The Bertz CT molecular complexity index is 590. The number of hydrogen-bond acceptors (Lipinski definition) is 3. The highest BCUT2D eigenvalue weighted by Gasteiger charge is 2.07. The van der Waals surface area contributed by atoms with Gasteiger partial charge in [-0.25, -0.2) is 0 Å². The van der Waals surface area contributed by atoms with Crippen molar-refractivity contribution in [3.05, 3.63) is 35.9 Å². The first kappa shape index (κ1) is 12.2. The van der Waals surface area contributed by atoms with Crippen molar-refractivity contribution < 1.29 is 19.4 Å². The standard InChI is InChI=1S/C14H14O4/c1-17-11-7-10-4-3-9(6-14(15)16)5-12(10)13(8-11)18-2/h3-5,7-8H,6H2,1-2H3,(H,15,16). The van der Waals surface area contributed by atoms with Gasteiger partial charge in [0.05, 0.1) is 20.6 Å². The SMILES string of the molecule is COc1cc(OC)c2cc(CC(=O)O)ccc2c1. The highest BCUT2D eigenvalue weighted by Crippen LogP contribution is 2.31. The van der Waals surface area contributed by atoms with Crippen molar-refractivity contribution >= 4 is 16.7 Å². The predicted molar refractivity (Wildman–Crippen MR) is 68.4 cm³/mol. The van der Waals surface area contributed by atoms with Crippen LogP contribution in [0, 0.1) is 0 Å². The van der Waals surface area contributed by atoms with Crippen molar-refractivity contribution in [3.63, 3.8) is 0 Å². The first-order chi connectivity index (χ1) is 8.63. The van der Waals surface area contributed by atoms with Crippen molar-refractivity contribution in [2.45, 2.75) is 6.42 Å². The summed E-state index contributed by atoms with van der Waals surface area (Å²) in [4.78, 5) is 10.7. The average molecular weight is 246 g/mol. The number of rotatable bonds is 4. The van der Waals surface area contributed by atoms with Crippen LogP contribution in [-0.4, -0.2) is 25.3 Å². The number of fused-ring (bicyclic) bond motifs is 1. The second-order valence-electron chi connectivity index (χ2n) is 3.96. The molecule has 0 radical (unpaired) electrons. The third-order valence-corrected chi connectivity index (χ3v) is 2.77. The smallest absolute Gasteiger partial charge is 0.307 e. The Morgan fingerprint density at radius 1 is 1.17 bits per heavy atom. The number of ether oxygens (including phenoxy) is 2. The maximum absolute atomic E-state index is 10.7. The molecule has 4 nitrogen and oxygen atoms in total. The molecule has 0 fully saturated rings. The van der Waals surface area contributed by atoms with Gasteiger partial charge in [0.15, 0.2) is 0 Å². The predicted octanol–water partition coefficient (Wildman–Crippen LogP) is 2.48. The van der Waals surface area contributed by atoms with Gasteiger partial charge >= 0.3 is 5.97 Å². The van der Waals surface area contributed by atoms with Crippen LogP contribution in [-0.2, 0) is 11.2 Å². The minimum absolute atomic E-state index is 0.00508. The van der Waals surface area contributed by atoms with E-state index in [2.05, 4.69) is 0 Å². The van der Waals surface area contributed by atoms with Crippen molar-refractivity contribution in [3.8, 4) is 11.5 Å². The molecule has 0 saturated heterocycles. The summed E-state index contributed by atoms with van der Waals surface area (Å²) in [6.45, 7) is 0. The summed E-state index contributed by atoms with van der Waals surface area (Å²) in [5, 5.41) is 10.6. The molecular weight excluding hydrogens is 232 g/mol. The molecule has 2 aromatic rings. The molecule has 2 aromatic carbocycles. The van der Waals surface area contributed by atoms with Crippen molar-refractivity contribution in [2.24, 2.45) is 0 Å². The zero-order chi connectivity index (χ0) is 13.1. The van der Waals surface area contributed by atoms with E-state index < -0.39 is 5.97 Å². The largest absolute Gasteiger partial charge is 0.497 e. The number of methoxy groups -OCH3 is 2. The van der Waals surface area contributed by atoms with Crippen LogP contribution in [0.1, 0.15) is 5.56 Å². The van der Waals surface area contributed by atoms with Crippen LogP contribution in [0.3, 0.4) is 0 Å². The highest BCUT2D eigenvalue weighted by molar-refractivity contribution is 5.91. The van der Waals surface area contributed by atoms with Crippen LogP contribution >= 0.6 is 0 Å². The first-order valence-electron chi connectivity index (χ1n) is 5.50. The van der Waals surface area contributed by atoms with Crippen LogP contribution in [0.25, 0.3) is 10.8 Å². The molecular formula is C14H14O4. The number of aliphatic carboxylic acids is 1. The molecule has 18 heavy (non-hydrogen) atoms. The Morgan fingerprint density at radius 3 is 2.56 bits per heavy atom. The maximum Gasteiger partial charge on any atom is 0.307 e. The van der Waals surface area contributed by atoms with Crippen molar-refractivity contribution in [1.29, 1.82) is 0 Å². The van der Waals surface area contributed by atoms with Gasteiger partial charge in [-0.1, -0.05) is 12.1 Å². The van der Waals surface area contributed by atoms with Crippen LogP contribution < -0.4 is 9.47 Å². The monoisotopic (exact) mass is 246 g/mol. The fourth-order valence-electron chi connectivity index (χ4n) is 1.92. The average Bonchev–Trinajstić information content (AvgIpc) is 2.36. The van der Waals surface area contributed by atoms with E-state index in [1.54, 1.807) is 26.4 Å². The van der Waals surface area contributed by atoms with E-state index >= 15 is 0 Å². The Labute approximate surface area is 105 Å². The molecule has 0 aliphatic carbocycles. The van der Waals surface area contributed by atoms with E-state index in [4.69, 9.17) is 14.6 Å². The third-order valence-electron chi connectivity index (χ3n) is 2.77. The molecule has 0 heterocycles. The van der Waals surface area contributed by atoms with Gasteiger partial charge in [-0.05, 0) is 23.1 Å². The highest BCUT2D eigenvalue weighted by atomic mass is 16.5. The third kappa shape index (κ3) is 2.37.